The van der Waals surface area contributed by atoms with Gasteiger partial charge in [-0.1, -0.05) is 0 Å². The van der Waals surface area contributed by atoms with Crippen molar-refractivity contribution >= 4 is 11.5 Å². The van der Waals surface area contributed by atoms with Crippen molar-refractivity contribution in [1.29, 1.82) is 0 Å². The number of nitrogens with zero attached hydrogens (tertiary/aromatic N) is 5. The number of nitrogens with one attached hydrogen (secondary N) is 1. The Balaban J connectivity index is 1.55. The minimum Gasteiger partial charge on any atom is -0.383 e. The van der Waals surface area contributed by atoms with E-state index in [1.54, 1.807) is 13.4 Å². The molecule has 0 saturated carbocycles. The lowest BCUT2D eigenvalue weighted by Gasteiger charge is -2.32. The van der Waals surface area contributed by atoms with Gasteiger partial charge in [-0.15, -0.1) is 10.2 Å². The van der Waals surface area contributed by atoms with Gasteiger partial charge in [-0.05, 0) is 25.3 Å². The summed E-state index contributed by atoms with van der Waals surface area (Å²) in [5.74, 6) is 1.68. The molecule has 0 aliphatic carbocycles. The molecule has 0 radical (unpaired) electrons. The van der Waals surface area contributed by atoms with Gasteiger partial charge in [-0.3, -0.25) is 4.40 Å². The van der Waals surface area contributed by atoms with Crippen LogP contribution in [0.1, 0.15) is 12.8 Å². The Morgan fingerprint density at radius 2 is 2.24 bits per heavy atom. The molecule has 0 amide bonds. The van der Waals surface area contributed by atoms with Crippen LogP contribution in [0.15, 0.2) is 18.7 Å². The second kappa shape index (κ2) is 6.82. The first-order valence-electron chi connectivity index (χ1n) is 7.47. The van der Waals surface area contributed by atoms with Gasteiger partial charge in [-0.25, -0.2) is 4.98 Å². The maximum Gasteiger partial charge on any atom is 0.203 e. The highest BCUT2D eigenvalue weighted by Crippen LogP contribution is 2.23. The van der Waals surface area contributed by atoms with Crippen molar-refractivity contribution < 1.29 is 4.74 Å². The Hall–Kier alpha value is -1.73. The van der Waals surface area contributed by atoms with E-state index in [2.05, 4.69) is 25.4 Å². The van der Waals surface area contributed by atoms with E-state index in [0.717, 1.165) is 50.2 Å². The Bertz CT molecular complexity index is 563. The zero-order chi connectivity index (χ0) is 14.5. The average Bonchev–Trinajstić information content (AvgIpc) is 3.01. The summed E-state index contributed by atoms with van der Waals surface area (Å²) in [6.45, 7) is 4.82. The van der Waals surface area contributed by atoms with Crippen LogP contribution in [0.2, 0.25) is 0 Å². The molecule has 0 bridgehead atoms. The highest BCUT2D eigenvalue weighted by atomic mass is 16.5. The Kier molecular flexibility index (Phi) is 4.62. The Morgan fingerprint density at radius 3 is 3.05 bits per heavy atom. The number of anilines is 1. The first-order chi connectivity index (χ1) is 10.4. The van der Waals surface area contributed by atoms with Crippen LogP contribution in [0.4, 0.5) is 5.82 Å². The van der Waals surface area contributed by atoms with Gasteiger partial charge < -0.3 is 15.0 Å². The zero-order valence-corrected chi connectivity index (χ0v) is 12.4. The summed E-state index contributed by atoms with van der Waals surface area (Å²) in [6, 6.07) is 0. The monoisotopic (exact) mass is 290 g/mol. The van der Waals surface area contributed by atoms with Gasteiger partial charge in [0.1, 0.15) is 6.33 Å². The van der Waals surface area contributed by atoms with E-state index in [1.165, 1.54) is 12.8 Å². The Morgan fingerprint density at radius 1 is 1.38 bits per heavy atom. The van der Waals surface area contributed by atoms with Gasteiger partial charge in [0.25, 0.3) is 0 Å². The number of aromatic nitrogens is 4. The SMILES string of the molecule is COCCNCC1CCN(c2nccn3cnnc23)CC1. The van der Waals surface area contributed by atoms with Gasteiger partial charge in [0.05, 0.1) is 6.61 Å². The smallest absolute Gasteiger partial charge is 0.203 e. The number of fused-ring (bicyclic) bond motifs is 1. The topological polar surface area (TPSA) is 67.6 Å². The Labute approximate surface area is 124 Å². The minimum absolute atomic E-state index is 0.732. The third-order valence-electron chi connectivity index (χ3n) is 4.03. The van der Waals surface area contributed by atoms with Crippen molar-refractivity contribution in [3.63, 3.8) is 0 Å². The van der Waals surface area contributed by atoms with E-state index in [4.69, 9.17) is 4.74 Å². The van der Waals surface area contributed by atoms with Crippen molar-refractivity contribution in [2.45, 2.75) is 12.8 Å². The number of methoxy groups -OCH3 is 1. The fraction of sp³-hybridized carbons (Fsp3) is 0.643. The van der Waals surface area contributed by atoms with Crippen LogP contribution >= 0.6 is 0 Å². The van der Waals surface area contributed by atoms with Gasteiger partial charge in [0.2, 0.25) is 5.65 Å². The average molecular weight is 290 g/mol. The van der Waals surface area contributed by atoms with Crippen LogP contribution in [-0.2, 0) is 4.74 Å². The molecule has 21 heavy (non-hydrogen) atoms. The maximum absolute atomic E-state index is 5.05. The van der Waals surface area contributed by atoms with Gasteiger partial charge >= 0.3 is 0 Å². The van der Waals surface area contributed by atoms with E-state index in [1.807, 2.05) is 16.8 Å². The van der Waals surface area contributed by atoms with E-state index >= 15 is 0 Å². The lowest BCUT2D eigenvalue weighted by molar-refractivity contribution is 0.197. The molecule has 1 aliphatic heterocycles. The van der Waals surface area contributed by atoms with Gasteiger partial charge in [-0.2, -0.15) is 0 Å². The summed E-state index contributed by atoms with van der Waals surface area (Å²) in [4.78, 5) is 6.80. The van der Waals surface area contributed by atoms with E-state index < -0.39 is 0 Å². The molecular formula is C14H22N6O. The van der Waals surface area contributed by atoms with Crippen LogP contribution in [0.5, 0.6) is 0 Å². The summed E-state index contributed by atoms with van der Waals surface area (Å²) >= 11 is 0. The van der Waals surface area contributed by atoms with Crippen molar-refractivity contribution in [2.75, 3.05) is 44.8 Å². The molecule has 1 saturated heterocycles. The summed E-state index contributed by atoms with van der Waals surface area (Å²) in [7, 11) is 1.73. The zero-order valence-electron chi connectivity index (χ0n) is 12.4. The molecule has 0 aromatic carbocycles. The maximum atomic E-state index is 5.05. The summed E-state index contributed by atoms with van der Waals surface area (Å²) < 4.78 is 6.96. The van der Waals surface area contributed by atoms with Gasteiger partial charge in [0.15, 0.2) is 5.82 Å². The first-order valence-corrected chi connectivity index (χ1v) is 7.47. The predicted octanol–water partition coefficient (Wildman–Crippen LogP) is 0.577. The molecule has 3 rings (SSSR count). The van der Waals surface area contributed by atoms with Crippen LogP contribution in [0.25, 0.3) is 5.65 Å². The summed E-state index contributed by atoms with van der Waals surface area (Å²) in [5, 5.41) is 11.6. The first kappa shape index (κ1) is 14.2. The van der Waals surface area contributed by atoms with Crippen molar-refractivity contribution in [1.82, 2.24) is 24.9 Å². The largest absolute Gasteiger partial charge is 0.383 e. The van der Waals surface area contributed by atoms with Crippen LogP contribution in [0.3, 0.4) is 0 Å². The number of hydrogen-bond acceptors (Lipinski definition) is 6. The van der Waals surface area contributed by atoms with Crippen molar-refractivity contribution in [2.24, 2.45) is 5.92 Å². The van der Waals surface area contributed by atoms with Crippen LogP contribution in [0, 0.1) is 5.92 Å². The quantitative estimate of drug-likeness (QED) is 0.785. The van der Waals surface area contributed by atoms with Crippen LogP contribution in [-0.4, -0.2) is 59.5 Å². The predicted molar refractivity (Wildman–Crippen MR) is 80.5 cm³/mol. The summed E-state index contributed by atoms with van der Waals surface area (Å²) in [5.41, 5.74) is 0.842. The lowest BCUT2D eigenvalue weighted by Crippen LogP contribution is -2.38. The van der Waals surface area contributed by atoms with Crippen LogP contribution < -0.4 is 10.2 Å². The normalized spacial score (nSPS) is 16.7. The number of hydrogen-bond donors (Lipinski definition) is 1. The van der Waals surface area contributed by atoms with Crippen molar-refractivity contribution in [3.8, 4) is 0 Å². The number of ether oxygens (including phenoxy) is 1. The molecule has 7 heteroatoms. The molecule has 0 unspecified atom stereocenters. The van der Waals surface area contributed by atoms with E-state index in [0.29, 0.717) is 0 Å². The second-order valence-corrected chi connectivity index (χ2v) is 5.44. The minimum atomic E-state index is 0.732. The molecule has 3 heterocycles. The number of piperidine rings is 1. The molecule has 1 N–H and O–H groups in total. The summed E-state index contributed by atoms with van der Waals surface area (Å²) in [6.07, 6.45) is 7.76. The third-order valence-corrected chi connectivity index (χ3v) is 4.03. The third kappa shape index (κ3) is 3.30. The molecule has 0 atom stereocenters. The van der Waals surface area contributed by atoms with E-state index in [-0.39, 0.29) is 0 Å². The van der Waals surface area contributed by atoms with Crippen molar-refractivity contribution in [3.05, 3.63) is 18.7 Å². The number of rotatable bonds is 6. The van der Waals surface area contributed by atoms with Gasteiger partial charge in [0, 0.05) is 39.1 Å². The van der Waals surface area contributed by atoms with E-state index in [9.17, 15) is 0 Å². The highest BCUT2D eigenvalue weighted by molar-refractivity contribution is 5.63. The molecule has 2 aromatic rings. The lowest BCUT2D eigenvalue weighted by atomic mass is 9.97. The fourth-order valence-electron chi connectivity index (χ4n) is 2.80. The molecule has 0 spiro atoms. The fourth-order valence-corrected chi connectivity index (χ4v) is 2.80. The molecule has 1 fully saturated rings. The molecular weight excluding hydrogens is 268 g/mol. The highest BCUT2D eigenvalue weighted by Gasteiger charge is 2.21. The molecule has 2 aromatic heterocycles. The second-order valence-electron chi connectivity index (χ2n) is 5.44. The standard InChI is InChI=1S/C14H22N6O/c1-21-9-5-15-10-12-2-6-19(7-3-12)13-14-18-17-11-20(14)8-4-16-13/h4,8,11-12,15H,2-3,5-7,9-10H2,1H3. The molecule has 7 nitrogen and oxygen atoms in total. The molecule has 1 aliphatic rings. The molecule has 114 valence electrons.